The highest BCUT2D eigenvalue weighted by atomic mass is 15.1. The lowest BCUT2D eigenvalue weighted by molar-refractivity contribution is 0.254. The summed E-state index contributed by atoms with van der Waals surface area (Å²) in [5, 5.41) is 3.26. The Bertz CT molecular complexity index is 318. The third-order valence-electron chi connectivity index (χ3n) is 2.16. The van der Waals surface area contributed by atoms with Gasteiger partial charge in [-0.3, -0.25) is 0 Å². The number of aromatic nitrogens is 2. The van der Waals surface area contributed by atoms with E-state index < -0.39 is 0 Å². The lowest BCUT2D eigenvalue weighted by Crippen LogP contribution is -2.34. The maximum absolute atomic E-state index is 5.47. The molecule has 0 aromatic carbocycles. The molecule has 0 aliphatic rings. The molecule has 0 amide bonds. The van der Waals surface area contributed by atoms with Crippen molar-refractivity contribution in [2.75, 3.05) is 38.2 Å². The highest BCUT2D eigenvalue weighted by molar-refractivity contribution is 5.36. The second-order valence-corrected chi connectivity index (χ2v) is 5.08. The molecule has 0 aliphatic carbocycles. The molecule has 90 valence electrons. The number of hydrogen-bond acceptors (Lipinski definition) is 5. The molecule has 5 nitrogen and oxygen atoms in total. The van der Waals surface area contributed by atoms with Crippen molar-refractivity contribution in [1.29, 1.82) is 0 Å². The first-order valence-corrected chi connectivity index (χ1v) is 5.35. The maximum atomic E-state index is 5.47. The first kappa shape index (κ1) is 12.7. The molecule has 5 heteroatoms. The molecule has 0 bridgehead atoms. The molecular formula is C11H21N5. The summed E-state index contributed by atoms with van der Waals surface area (Å²) in [4.78, 5) is 10.3. The topological polar surface area (TPSA) is 67.1 Å². The van der Waals surface area contributed by atoms with Crippen LogP contribution in [-0.4, -0.2) is 42.1 Å². The molecule has 1 rings (SSSR count). The van der Waals surface area contributed by atoms with E-state index in [4.69, 9.17) is 5.73 Å². The summed E-state index contributed by atoms with van der Waals surface area (Å²) in [5.41, 5.74) is 5.65. The van der Waals surface area contributed by atoms with Crippen molar-refractivity contribution in [2.45, 2.75) is 13.8 Å². The van der Waals surface area contributed by atoms with E-state index >= 15 is 0 Å². The second-order valence-electron chi connectivity index (χ2n) is 5.08. The van der Waals surface area contributed by atoms with Gasteiger partial charge in [-0.15, -0.1) is 0 Å². The van der Waals surface area contributed by atoms with Crippen LogP contribution in [0.4, 0.5) is 11.6 Å². The molecule has 0 radical (unpaired) electrons. The van der Waals surface area contributed by atoms with Crippen molar-refractivity contribution in [3.63, 3.8) is 0 Å². The van der Waals surface area contributed by atoms with E-state index in [1.54, 1.807) is 12.4 Å². The number of hydrogen-bond donors (Lipinski definition) is 2. The third kappa shape index (κ3) is 4.44. The fraction of sp³-hybridized carbons (Fsp3) is 0.636. The van der Waals surface area contributed by atoms with Gasteiger partial charge in [0.1, 0.15) is 11.6 Å². The van der Waals surface area contributed by atoms with Crippen LogP contribution in [0.3, 0.4) is 0 Å². The number of nitrogens with two attached hydrogens (primary N) is 1. The number of nitrogens with zero attached hydrogens (tertiary/aromatic N) is 3. The average Bonchev–Trinajstić information content (AvgIpc) is 2.15. The van der Waals surface area contributed by atoms with Crippen molar-refractivity contribution < 1.29 is 0 Å². The molecular weight excluding hydrogens is 202 g/mol. The Morgan fingerprint density at radius 1 is 1.31 bits per heavy atom. The van der Waals surface area contributed by atoms with Crippen molar-refractivity contribution in [2.24, 2.45) is 5.41 Å². The van der Waals surface area contributed by atoms with E-state index in [1.807, 2.05) is 0 Å². The summed E-state index contributed by atoms with van der Waals surface area (Å²) in [7, 11) is 4.15. The predicted octanol–water partition coefficient (Wildman–Crippen LogP) is 1.06. The first-order valence-electron chi connectivity index (χ1n) is 5.35. The van der Waals surface area contributed by atoms with Gasteiger partial charge in [0.25, 0.3) is 0 Å². The molecule has 0 aliphatic heterocycles. The monoisotopic (exact) mass is 223 g/mol. The molecule has 0 saturated heterocycles. The lowest BCUT2D eigenvalue weighted by atomic mass is 9.93. The average molecular weight is 223 g/mol. The molecule has 1 aromatic rings. The lowest BCUT2D eigenvalue weighted by Gasteiger charge is -2.28. The fourth-order valence-corrected chi connectivity index (χ4v) is 1.67. The molecule has 0 saturated carbocycles. The van der Waals surface area contributed by atoms with Gasteiger partial charge in [0.2, 0.25) is 0 Å². The summed E-state index contributed by atoms with van der Waals surface area (Å²) in [6, 6.07) is 0. The van der Waals surface area contributed by atoms with Crippen LogP contribution in [0.15, 0.2) is 12.4 Å². The van der Waals surface area contributed by atoms with Crippen LogP contribution in [0.25, 0.3) is 0 Å². The van der Waals surface area contributed by atoms with Gasteiger partial charge in [-0.25, -0.2) is 9.97 Å². The molecule has 0 unspecified atom stereocenters. The van der Waals surface area contributed by atoms with Gasteiger partial charge in [-0.2, -0.15) is 0 Å². The van der Waals surface area contributed by atoms with E-state index in [9.17, 15) is 0 Å². The first-order chi connectivity index (χ1) is 7.39. The van der Waals surface area contributed by atoms with Crippen LogP contribution >= 0.6 is 0 Å². The number of anilines is 2. The zero-order chi connectivity index (χ0) is 12.2. The van der Waals surface area contributed by atoms with Crippen molar-refractivity contribution in [3.05, 3.63) is 12.4 Å². The smallest absolute Gasteiger partial charge is 0.144 e. The third-order valence-corrected chi connectivity index (χ3v) is 2.16. The maximum Gasteiger partial charge on any atom is 0.144 e. The van der Waals surface area contributed by atoms with E-state index in [0.717, 1.165) is 18.9 Å². The second kappa shape index (κ2) is 5.12. The van der Waals surface area contributed by atoms with Crippen LogP contribution < -0.4 is 11.1 Å². The molecule has 0 fully saturated rings. The number of nitrogen functional groups attached to an aromatic ring is 1. The van der Waals surface area contributed by atoms with Gasteiger partial charge in [0.15, 0.2) is 0 Å². The Morgan fingerprint density at radius 3 is 2.50 bits per heavy atom. The molecule has 3 N–H and O–H groups in total. The Hall–Kier alpha value is -1.36. The minimum absolute atomic E-state index is 0.187. The summed E-state index contributed by atoms with van der Waals surface area (Å²) in [5.74, 6) is 1.21. The quantitative estimate of drug-likeness (QED) is 0.781. The van der Waals surface area contributed by atoms with Gasteiger partial charge in [0.05, 0.1) is 12.4 Å². The predicted molar refractivity (Wildman–Crippen MR) is 67.3 cm³/mol. The van der Waals surface area contributed by atoms with E-state index in [0.29, 0.717) is 5.82 Å². The molecule has 16 heavy (non-hydrogen) atoms. The molecule has 1 aromatic heterocycles. The van der Waals surface area contributed by atoms with Gasteiger partial charge < -0.3 is 16.0 Å². The van der Waals surface area contributed by atoms with Gasteiger partial charge >= 0.3 is 0 Å². The number of rotatable bonds is 5. The standard InChI is InChI=1S/C11H21N5/c1-11(2,8-16(3)4)7-15-10-6-13-9(12)5-14-10/h5-6H,7-8H2,1-4H3,(H2,12,13)(H,14,15). The summed E-state index contributed by atoms with van der Waals surface area (Å²) < 4.78 is 0. The van der Waals surface area contributed by atoms with Crippen molar-refractivity contribution in [1.82, 2.24) is 14.9 Å². The Balaban J connectivity index is 2.47. The van der Waals surface area contributed by atoms with Crippen LogP contribution in [0.5, 0.6) is 0 Å². The summed E-state index contributed by atoms with van der Waals surface area (Å²) >= 11 is 0. The zero-order valence-corrected chi connectivity index (χ0v) is 10.5. The van der Waals surface area contributed by atoms with Gasteiger partial charge in [-0.1, -0.05) is 13.8 Å². The van der Waals surface area contributed by atoms with Crippen LogP contribution in [0.2, 0.25) is 0 Å². The Kier molecular flexibility index (Phi) is 4.06. The van der Waals surface area contributed by atoms with Gasteiger partial charge in [-0.05, 0) is 19.5 Å². The highest BCUT2D eigenvalue weighted by Gasteiger charge is 2.18. The Labute approximate surface area is 97.1 Å². The molecule has 1 heterocycles. The summed E-state index contributed by atoms with van der Waals surface area (Å²) in [6.45, 7) is 6.29. The van der Waals surface area contributed by atoms with Crippen LogP contribution in [-0.2, 0) is 0 Å². The van der Waals surface area contributed by atoms with E-state index in [2.05, 4.69) is 48.1 Å². The minimum Gasteiger partial charge on any atom is -0.382 e. The Morgan fingerprint density at radius 2 is 2.00 bits per heavy atom. The van der Waals surface area contributed by atoms with Crippen LogP contribution in [0, 0.1) is 5.41 Å². The van der Waals surface area contributed by atoms with E-state index in [-0.39, 0.29) is 5.41 Å². The minimum atomic E-state index is 0.187. The zero-order valence-electron chi connectivity index (χ0n) is 10.5. The SMILES string of the molecule is CN(C)CC(C)(C)CNc1cnc(N)cn1. The molecule has 0 spiro atoms. The van der Waals surface area contributed by atoms with Crippen molar-refractivity contribution in [3.8, 4) is 0 Å². The van der Waals surface area contributed by atoms with Gasteiger partial charge in [0, 0.05) is 13.1 Å². The fourth-order valence-electron chi connectivity index (χ4n) is 1.67. The van der Waals surface area contributed by atoms with Crippen LogP contribution in [0.1, 0.15) is 13.8 Å². The normalized spacial score (nSPS) is 11.8. The molecule has 0 atom stereocenters. The number of nitrogens with one attached hydrogen (secondary N) is 1. The largest absolute Gasteiger partial charge is 0.382 e. The summed E-state index contributed by atoms with van der Waals surface area (Å²) in [6.07, 6.45) is 3.21. The van der Waals surface area contributed by atoms with Crippen molar-refractivity contribution >= 4 is 11.6 Å². The van der Waals surface area contributed by atoms with E-state index in [1.165, 1.54) is 0 Å². The highest BCUT2D eigenvalue weighted by Crippen LogP contribution is 2.16.